The van der Waals surface area contributed by atoms with Gasteiger partial charge in [-0.3, -0.25) is 0 Å². The summed E-state index contributed by atoms with van der Waals surface area (Å²) >= 11 is 3.35. The third-order valence-electron chi connectivity index (χ3n) is 4.71. The van der Waals surface area contributed by atoms with Crippen LogP contribution in [0.4, 0.5) is 0 Å². The van der Waals surface area contributed by atoms with Crippen LogP contribution in [-0.2, 0) is 0 Å². The lowest BCUT2D eigenvalue weighted by Gasteiger charge is -2.28. The van der Waals surface area contributed by atoms with E-state index < -0.39 is 5.92 Å². The van der Waals surface area contributed by atoms with Gasteiger partial charge >= 0.3 is 0 Å². The van der Waals surface area contributed by atoms with Crippen LogP contribution in [0.5, 0.6) is 17.2 Å². The zero-order valence-electron chi connectivity index (χ0n) is 14.4. The molecule has 3 aromatic rings. The molecule has 0 saturated carbocycles. The number of rotatable bonds is 2. The van der Waals surface area contributed by atoms with Crippen LogP contribution in [0.1, 0.15) is 17.0 Å². The maximum Gasteiger partial charge on any atom is 0.205 e. The molecule has 0 aliphatic carbocycles. The SMILES string of the molecule is COc1cc([C@@H]2C(C#N)=C(N)Oc3c2ccc2ccccc32)cc(Br)c1O. The molecule has 0 amide bonds. The summed E-state index contributed by atoms with van der Waals surface area (Å²) in [5.74, 6) is 0.591. The van der Waals surface area contributed by atoms with E-state index in [-0.39, 0.29) is 11.6 Å². The van der Waals surface area contributed by atoms with Crippen LogP contribution < -0.4 is 15.2 Å². The zero-order chi connectivity index (χ0) is 19.1. The van der Waals surface area contributed by atoms with Crippen LogP contribution in [0.3, 0.4) is 0 Å². The fraction of sp³-hybridized carbons (Fsp3) is 0.0952. The monoisotopic (exact) mass is 422 g/mol. The molecule has 1 heterocycles. The quantitative estimate of drug-likeness (QED) is 0.632. The van der Waals surface area contributed by atoms with Crippen molar-refractivity contribution < 1.29 is 14.6 Å². The highest BCUT2D eigenvalue weighted by molar-refractivity contribution is 9.10. The Kier molecular flexibility index (Phi) is 4.17. The first kappa shape index (κ1) is 17.3. The molecule has 3 aromatic carbocycles. The third kappa shape index (κ3) is 2.68. The number of methoxy groups -OCH3 is 1. The van der Waals surface area contributed by atoms with Gasteiger partial charge in [0.05, 0.1) is 17.5 Å². The molecule has 0 unspecified atom stereocenters. The lowest BCUT2D eigenvalue weighted by atomic mass is 9.82. The summed E-state index contributed by atoms with van der Waals surface area (Å²) in [4.78, 5) is 0. The van der Waals surface area contributed by atoms with Crippen molar-refractivity contribution in [2.75, 3.05) is 7.11 Å². The van der Waals surface area contributed by atoms with Crippen LogP contribution >= 0.6 is 15.9 Å². The van der Waals surface area contributed by atoms with Gasteiger partial charge in [0.25, 0.3) is 0 Å². The maximum atomic E-state index is 10.1. The van der Waals surface area contributed by atoms with Gasteiger partial charge in [-0.25, -0.2) is 0 Å². The summed E-state index contributed by atoms with van der Waals surface area (Å²) < 4.78 is 11.6. The first-order chi connectivity index (χ1) is 13.0. The third-order valence-corrected chi connectivity index (χ3v) is 5.32. The number of phenolic OH excluding ortho intramolecular Hbond substituents is 1. The Bertz CT molecular complexity index is 1150. The van der Waals surface area contributed by atoms with Gasteiger partial charge < -0.3 is 20.3 Å². The van der Waals surface area contributed by atoms with Gasteiger partial charge in [-0.1, -0.05) is 36.4 Å². The Morgan fingerprint density at radius 3 is 2.74 bits per heavy atom. The molecule has 6 heteroatoms. The van der Waals surface area contributed by atoms with E-state index in [1.54, 1.807) is 12.1 Å². The van der Waals surface area contributed by atoms with Crippen molar-refractivity contribution in [3.8, 4) is 23.3 Å². The minimum Gasteiger partial charge on any atom is -0.503 e. The minimum atomic E-state index is -0.436. The van der Waals surface area contributed by atoms with Crippen molar-refractivity contribution in [2.24, 2.45) is 5.73 Å². The maximum absolute atomic E-state index is 10.1. The molecule has 0 radical (unpaired) electrons. The molecular formula is C21H15BrN2O3. The number of halogens is 1. The molecule has 1 aliphatic rings. The number of phenols is 1. The highest BCUT2D eigenvalue weighted by Gasteiger charge is 2.32. The van der Waals surface area contributed by atoms with Gasteiger partial charge in [-0.15, -0.1) is 0 Å². The first-order valence-corrected chi connectivity index (χ1v) is 9.00. The highest BCUT2D eigenvalue weighted by Crippen LogP contribution is 2.47. The van der Waals surface area contributed by atoms with Gasteiger partial charge in [0.1, 0.15) is 17.4 Å². The summed E-state index contributed by atoms with van der Waals surface area (Å²) in [7, 11) is 1.48. The Morgan fingerprint density at radius 2 is 2.00 bits per heavy atom. The molecule has 0 bridgehead atoms. The second kappa shape index (κ2) is 6.53. The number of nitrogens with zero attached hydrogens (tertiary/aromatic N) is 1. The molecule has 0 saturated heterocycles. The number of ether oxygens (including phenoxy) is 2. The number of fused-ring (bicyclic) bond motifs is 3. The van der Waals surface area contributed by atoms with Crippen LogP contribution in [0.15, 0.2) is 64.5 Å². The Labute approximate surface area is 164 Å². The molecule has 4 rings (SSSR count). The van der Waals surface area contributed by atoms with E-state index in [0.717, 1.165) is 21.9 Å². The number of aromatic hydroxyl groups is 1. The van der Waals surface area contributed by atoms with Gasteiger partial charge in [-0.05, 0) is 39.0 Å². The molecule has 1 aliphatic heterocycles. The minimum absolute atomic E-state index is 0.00232. The molecule has 0 aromatic heterocycles. The second-order valence-corrected chi connectivity index (χ2v) is 7.04. The fourth-order valence-electron chi connectivity index (χ4n) is 3.45. The predicted octanol–water partition coefficient (Wildman–Crippen LogP) is 4.53. The second-order valence-electron chi connectivity index (χ2n) is 6.18. The summed E-state index contributed by atoms with van der Waals surface area (Å²) in [6, 6.07) is 17.4. The van der Waals surface area contributed by atoms with Gasteiger partial charge in [0, 0.05) is 10.9 Å². The lowest BCUT2D eigenvalue weighted by Crippen LogP contribution is -2.21. The largest absolute Gasteiger partial charge is 0.503 e. The number of nitriles is 1. The number of benzene rings is 3. The average molecular weight is 423 g/mol. The molecule has 5 nitrogen and oxygen atoms in total. The summed E-state index contributed by atoms with van der Waals surface area (Å²) in [5.41, 5.74) is 8.01. The Balaban J connectivity index is 2.02. The molecule has 27 heavy (non-hydrogen) atoms. The van der Waals surface area contributed by atoms with Crippen LogP contribution in [0.2, 0.25) is 0 Å². The Hall–Kier alpha value is -3.17. The van der Waals surface area contributed by atoms with Crippen molar-refractivity contribution in [3.05, 3.63) is 75.6 Å². The van der Waals surface area contributed by atoms with Crippen LogP contribution in [0, 0.1) is 11.3 Å². The molecule has 3 N–H and O–H groups in total. The molecule has 0 spiro atoms. The molecule has 1 atom stereocenters. The zero-order valence-corrected chi connectivity index (χ0v) is 15.9. The van der Waals surface area contributed by atoms with Gasteiger partial charge in [0.2, 0.25) is 5.88 Å². The van der Waals surface area contributed by atoms with E-state index in [4.69, 9.17) is 15.2 Å². The van der Waals surface area contributed by atoms with Gasteiger partial charge in [-0.2, -0.15) is 5.26 Å². The van der Waals surface area contributed by atoms with Gasteiger partial charge in [0.15, 0.2) is 11.5 Å². The van der Waals surface area contributed by atoms with E-state index in [9.17, 15) is 10.4 Å². The smallest absolute Gasteiger partial charge is 0.205 e. The van der Waals surface area contributed by atoms with E-state index >= 15 is 0 Å². The topological polar surface area (TPSA) is 88.5 Å². The number of allylic oxidation sites excluding steroid dienone is 1. The van der Waals surface area contributed by atoms with E-state index in [0.29, 0.717) is 21.5 Å². The standard InChI is InChI=1S/C21H15BrN2O3/c1-26-17-9-12(8-16(22)19(17)25)18-14-7-6-11-4-2-3-5-13(11)20(14)27-21(24)15(18)10-23/h2-9,18,25H,24H2,1H3/t18-/m0/s1. The summed E-state index contributed by atoms with van der Waals surface area (Å²) in [5, 5.41) is 21.8. The number of hydrogen-bond acceptors (Lipinski definition) is 5. The molecule has 134 valence electrons. The number of hydrogen-bond donors (Lipinski definition) is 2. The number of nitrogens with two attached hydrogens (primary N) is 1. The van der Waals surface area contributed by atoms with E-state index in [1.165, 1.54) is 7.11 Å². The lowest BCUT2D eigenvalue weighted by molar-refractivity contribution is 0.370. The predicted molar refractivity (Wildman–Crippen MR) is 106 cm³/mol. The fourth-order valence-corrected chi connectivity index (χ4v) is 3.91. The first-order valence-electron chi connectivity index (χ1n) is 8.20. The summed E-state index contributed by atoms with van der Waals surface area (Å²) in [6.45, 7) is 0. The van der Waals surface area contributed by atoms with Crippen molar-refractivity contribution in [1.29, 1.82) is 5.26 Å². The van der Waals surface area contributed by atoms with Crippen molar-refractivity contribution >= 4 is 26.7 Å². The van der Waals surface area contributed by atoms with Crippen LogP contribution in [-0.4, -0.2) is 12.2 Å². The van der Waals surface area contributed by atoms with E-state index in [1.807, 2.05) is 36.4 Å². The average Bonchev–Trinajstić information content (AvgIpc) is 2.68. The normalized spacial score (nSPS) is 15.8. The van der Waals surface area contributed by atoms with Crippen molar-refractivity contribution in [2.45, 2.75) is 5.92 Å². The van der Waals surface area contributed by atoms with Crippen molar-refractivity contribution in [1.82, 2.24) is 0 Å². The Morgan fingerprint density at radius 1 is 1.22 bits per heavy atom. The van der Waals surface area contributed by atoms with E-state index in [2.05, 4.69) is 22.0 Å². The molecule has 0 fully saturated rings. The molecular weight excluding hydrogens is 408 g/mol. The van der Waals surface area contributed by atoms with Crippen LogP contribution in [0.25, 0.3) is 10.8 Å². The summed E-state index contributed by atoms with van der Waals surface area (Å²) in [6.07, 6.45) is 0. The van der Waals surface area contributed by atoms with Crippen molar-refractivity contribution in [3.63, 3.8) is 0 Å². The highest BCUT2D eigenvalue weighted by atomic mass is 79.9.